The third-order valence-electron chi connectivity index (χ3n) is 6.99. The van der Waals surface area contributed by atoms with Gasteiger partial charge in [0.1, 0.15) is 5.82 Å². The van der Waals surface area contributed by atoms with E-state index in [9.17, 15) is 17.6 Å². The molecule has 3 aliphatic rings. The number of piperazine rings is 1. The first-order valence-corrected chi connectivity index (χ1v) is 10.5. The molecule has 0 unspecified atom stereocenters. The third kappa shape index (κ3) is 3.28. The number of fused-ring (bicyclic) bond motifs is 2. The number of hydrogen-bond donors (Lipinski definition) is 0. The summed E-state index contributed by atoms with van der Waals surface area (Å²) in [7, 11) is 0. The summed E-state index contributed by atoms with van der Waals surface area (Å²) in [4.78, 5) is 4.70. The monoisotopic (exact) mass is 420 g/mol. The zero-order chi connectivity index (χ0) is 20.9. The summed E-state index contributed by atoms with van der Waals surface area (Å²) in [5, 5.41) is 0. The van der Waals surface area contributed by atoms with Crippen molar-refractivity contribution in [3.63, 3.8) is 0 Å². The number of ether oxygens (including phenoxy) is 1. The lowest BCUT2D eigenvalue weighted by Gasteiger charge is -2.45. The van der Waals surface area contributed by atoms with Crippen LogP contribution in [0.15, 0.2) is 30.3 Å². The van der Waals surface area contributed by atoms with Crippen molar-refractivity contribution in [1.29, 1.82) is 0 Å². The fourth-order valence-electron chi connectivity index (χ4n) is 5.36. The van der Waals surface area contributed by atoms with Crippen molar-refractivity contribution in [2.24, 2.45) is 0 Å². The fourth-order valence-corrected chi connectivity index (χ4v) is 5.36. The van der Waals surface area contributed by atoms with Crippen LogP contribution >= 0.6 is 0 Å². The minimum atomic E-state index is -1.40. The van der Waals surface area contributed by atoms with E-state index >= 15 is 0 Å². The Kier molecular flexibility index (Phi) is 4.98. The molecule has 2 aliphatic heterocycles. The quantitative estimate of drug-likeness (QED) is 0.516. The SMILES string of the molecule is Fc1ccc(N2CCN(C3CCC4(CC3)OCc3cc(F)c(F)c(F)c34)CC2)cc1. The molecule has 5 rings (SSSR count). The zero-order valence-electron chi connectivity index (χ0n) is 16.6. The molecule has 3 nitrogen and oxygen atoms in total. The highest BCUT2D eigenvalue weighted by Gasteiger charge is 2.47. The van der Waals surface area contributed by atoms with Crippen LogP contribution in [0.3, 0.4) is 0 Å². The molecule has 2 aromatic carbocycles. The molecule has 0 bridgehead atoms. The number of rotatable bonds is 2. The highest BCUT2D eigenvalue weighted by atomic mass is 19.2. The summed E-state index contributed by atoms with van der Waals surface area (Å²) in [6, 6.07) is 8.02. The number of benzene rings is 2. The fraction of sp³-hybridized carbons (Fsp3) is 0.478. The Hall–Kier alpha value is -2.12. The molecule has 1 saturated heterocycles. The van der Waals surface area contributed by atoms with Crippen LogP contribution in [0.2, 0.25) is 0 Å². The maximum atomic E-state index is 14.5. The van der Waals surface area contributed by atoms with E-state index in [0.29, 0.717) is 24.4 Å². The second-order valence-corrected chi connectivity index (χ2v) is 8.53. The molecule has 2 aromatic rings. The smallest absolute Gasteiger partial charge is 0.194 e. The van der Waals surface area contributed by atoms with E-state index in [4.69, 9.17) is 4.74 Å². The first-order valence-electron chi connectivity index (χ1n) is 10.5. The van der Waals surface area contributed by atoms with E-state index in [1.54, 1.807) is 12.1 Å². The molecule has 0 aromatic heterocycles. The van der Waals surface area contributed by atoms with E-state index < -0.39 is 23.1 Å². The second-order valence-electron chi connectivity index (χ2n) is 8.53. The Morgan fingerprint density at radius 2 is 1.53 bits per heavy atom. The van der Waals surface area contributed by atoms with Gasteiger partial charge < -0.3 is 9.64 Å². The minimum Gasteiger partial charge on any atom is -0.369 e. The van der Waals surface area contributed by atoms with Crippen molar-refractivity contribution in [2.45, 2.75) is 43.9 Å². The maximum Gasteiger partial charge on any atom is 0.194 e. The van der Waals surface area contributed by atoms with E-state index in [-0.39, 0.29) is 18.0 Å². The van der Waals surface area contributed by atoms with Crippen LogP contribution in [0.5, 0.6) is 0 Å². The third-order valence-corrected chi connectivity index (χ3v) is 6.99. The van der Waals surface area contributed by atoms with E-state index in [2.05, 4.69) is 9.80 Å². The molecule has 1 saturated carbocycles. The highest BCUT2D eigenvalue weighted by Crippen LogP contribution is 2.49. The Labute approximate surface area is 173 Å². The van der Waals surface area contributed by atoms with Gasteiger partial charge in [0.25, 0.3) is 0 Å². The maximum absolute atomic E-state index is 14.5. The van der Waals surface area contributed by atoms with E-state index in [1.165, 1.54) is 12.1 Å². The molecular weight excluding hydrogens is 396 g/mol. The van der Waals surface area contributed by atoms with Crippen LogP contribution < -0.4 is 4.90 Å². The van der Waals surface area contributed by atoms with Gasteiger partial charge in [0, 0.05) is 43.5 Å². The molecule has 0 atom stereocenters. The zero-order valence-corrected chi connectivity index (χ0v) is 16.6. The van der Waals surface area contributed by atoms with Crippen molar-refractivity contribution in [3.05, 3.63) is 64.7 Å². The van der Waals surface area contributed by atoms with Crippen LogP contribution in [-0.2, 0) is 16.9 Å². The summed E-state index contributed by atoms with van der Waals surface area (Å²) >= 11 is 0. The van der Waals surface area contributed by atoms with Gasteiger partial charge in [-0.05, 0) is 61.6 Å². The lowest BCUT2D eigenvalue weighted by molar-refractivity contribution is -0.0793. The summed E-state index contributed by atoms with van der Waals surface area (Å²) in [5.74, 6) is -3.88. The van der Waals surface area contributed by atoms with Gasteiger partial charge in [0.2, 0.25) is 0 Å². The Balaban J connectivity index is 1.23. The van der Waals surface area contributed by atoms with Crippen molar-refractivity contribution >= 4 is 5.69 Å². The Morgan fingerprint density at radius 1 is 0.867 bits per heavy atom. The second kappa shape index (κ2) is 7.54. The lowest BCUT2D eigenvalue weighted by Crippen LogP contribution is -2.52. The van der Waals surface area contributed by atoms with Gasteiger partial charge in [-0.3, -0.25) is 4.90 Å². The number of halogens is 4. The number of anilines is 1. The summed E-state index contributed by atoms with van der Waals surface area (Å²) < 4.78 is 61.0. The van der Waals surface area contributed by atoms with Crippen LogP contribution in [0.1, 0.15) is 36.8 Å². The normalized spacial score (nSPS) is 26.9. The Morgan fingerprint density at radius 3 is 2.20 bits per heavy atom. The minimum absolute atomic E-state index is 0.129. The molecule has 0 N–H and O–H groups in total. The molecular formula is C23H24F4N2O. The van der Waals surface area contributed by atoms with Gasteiger partial charge in [0.05, 0.1) is 12.2 Å². The van der Waals surface area contributed by atoms with Crippen molar-refractivity contribution in [2.75, 3.05) is 31.1 Å². The van der Waals surface area contributed by atoms with Crippen molar-refractivity contribution in [3.8, 4) is 0 Å². The van der Waals surface area contributed by atoms with Gasteiger partial charge in [0.15, 0.2) is 17.5 Å². The largest absolute Gasteiger partial charge is 0.369 e. The number of hydrogen-bond acceptors (Lipinski definition) is 3. The van der Waals surface area contributed by atoms with E-state index in [0.717, 1.165) is 50.8 Å². The molecule has 0 radical (unpaired) electrons. The van der Waals surface area contributed by atoms with Crippen molar-refractivity contribution in [1.82, 2.24) is 4.90 Å². The molecule has 2 fully saturated rings. The molecule has 2 heterocycles. The summed E-state index contributed by atoms with van der Waals surface area (Å²) in [5.41, 5.74) is 0.846. The summed E-state index contributed by atoms with van der Waals surface area (Å²) in [6.07, 6.45) is 2.86. The van der Waals surface area contributed by atoms with Crippen molar-refractivity contribution < 1.29 is 22.3 Å². The van der Waals surface area contributed by atoms with Gasteiger partial charge in [-0.2, -0.15) is 0 Å². The average molecular weight is 420 g/mol. The van der Waals surface area contributed by atoms with Gasteiger partial charge in [-0.1, -0.05) is 0 Å². The first-order chi connectivity index (χ1) is 14.5. The molecule has 7 heteroatoms. The molecule has 1 aliphatic carbocycles. The molecule has 160 valence electrons. The topological polar surface area (TPSA) is 15.7 Å². The average Bonchev–Trinajstić information content (AvgIpc) is 3.11. The summed E-state index contributed by atoms with van der Waals surface area (Å²) in [6.45, 7) is 3.67. The number of nitrogens with zero attached hydrogens (tertiary/aromatic N) is 2. The highest BCUT2D eigenvalue weighted by molar-refractivity contribution is 5.46. The standard InChI is InChI=1S/C23H24F4N2O/c24-16-1-3-17(4-2-16)28-9-11-29(12-10-28)18-5-7-23(8-6-18)20-15(14-30-23)13-19(25)21(26)22(20)27/h1-4,13,18H,5-12,14H2. The molecule has 30 heavy (non-hydrogen) atoms. The van der Waals surface area contributed by atoms with Gasteiger partial charge in [-0.15, -0.1) is 0 Å². The van der Waals surface area contributed by atoms with E-state index in [1.807, 2.05) is 0 Å². The Bertz CT molecular complexity index is 933. The first kappa shape index (κ1) is 19.8. The molecule has 0 amide bonds. The van der Waals surface area contributed by atoms with Crippen LogP contribution in [-0.4, -0.2) is 37.1 Å². The molecule has 1 spiro atoms. The van der Waals surface area contributed by atoms with Crippen LogP contribution in [0.25, 0.3) is 0 Å². The van der Waals surface area contributed by atoms with Gasteiger partial charge >= 0.3 is 0 Å². The van der Waals surface area contributed by atoms with Crippen LogP contribution in [0.4, 0.5) is 23.2 Å². The van der Waals surface area contributed by atoms with Crippen LogP contribution in [0, 0.1) is 23.3 Å². The van der Waals surface area contributed by atoms with Gasteiger partial charge in [-0.25, -0.2) is 17.6 Å². The lowest BCUT2D eigenvalue weighted by atomic mass is 9.76. The predicted octanol–water partition coefficient (Wildman–Crippen LogP) is 4.73. The predicted molar refractivity (Wildman–Crippen MR) is 105 cm³/mol.